The van der Waals surface area contributed by atoms with Crippen molar-refractivity contribution in [1.82, 2.24) is 5.32 Å². The summed E-state index contributed by atoms with van der Waals surface area (Å²) in [6, 6.07) is 14.6. The lowest BCUT2D eigenvalue weighted by Gasteiger charge is -2.13. The minimum Gasteiger partial charge on any atom is -0.483 e. The minimum atomic E-state index is -0.422. The Morgan fingerprint density at radius 1 is 1.04 bits per heavy atom. The van der Waals surface area contributed by atoms with E-state index in [2.05, 4.69) is 26.6 Å². The maximum atomic E-state index is 12.1. The molecule has 1 amide bonds. The van der Waals surface area contributed by atoms with E-state index in [1.807, 2.05) is 30.3 Å². The van der Waals surface area contributed by atoms with Crippen molar-refractivity contribution >= 4 is 90.4 Å². The summed E-state index contributed by atoms with van der Waals surface area (Å²) in [5.41, 5.74) is 0.430. The number of anilines is 1. The third kappa shape index (κ3) is 5.07. The van der Waals surface area contributed by atoms with Gasteiger partial charge >= 0.3 is 0 Å². The Balaban J connectivity index is 1.59. The normalized spacial score (nSPS) is 10.6. The van der Waals surface area contributed by atoms with Crippen molar-refractivity contribution < 1.29 is 9.53 Å². The topological polar surface area (TPSA) is 50.4 Å². The third-order valence-corrected chi connectivity index (χ3v) is 5.75. The third-order valence-electron chi connectivity index (χ3n) is 3.70. The molecule has 9 heteroatoms. The number of ether oxygens (including phenoxy) is 1. The smallest absolute Gasteiger partial charge is 0.264 e. The van der Waals surface area contributed by atoms with Gasteiger partial charge in [0.1, 0.15) is 5.75 Å². The average molecular weight is 519 g/mol. The number of carbonyl (C=O) groups is 1. The molecule has 0 unspecified atom stereocenters. The molecule has 4 nitrogen and oxygen atoms in total. The average Bonchev–Trinajstić information content (AvgIpc) is 2.65. The highest BCUT2D eigenvalue weighted by molar-refractivity contribution is 9.10. The van der Waals surface area contributed by atoms with Gasteiger partial charge in [-0.3, -0.25) is 10.1 Å². The molecule has 0 saturated heterocycles. The van der Waals surface area contributed by atoms with Crippen LogP contribution in [0.1, 0.15) is 0 Å². The number of amides is 1. The number of fused-ring (bicyclic) bond motifs is 1. The summed E-state index contributed by atoms with van der Waals surface area (Å²) in [6.45, 7) is -0.214. The van der Waals surface area contributed by atoms with E-state index >= 15 is 0 Å². The second-order valence-electron chi connectivity index (χ2n) is 5.64. The Bertz CT molecular complexity index is 1080. The first-order valence-corrected chi connectivity index (χ1v) is 10.2. The highest BCUT2D eigenvalue weighted by atomic mass is 79.9. The van der Waals surface area contributed by atoms with E-state index in [-0.39, 0.29) is 11.7 Å². The molecular formula is C19H12BrCl3N2O2S. The van der Waals surface area contributed by atoms with Crippen LogP contribution in [-0.2, 0) is 4.79 Å². The minimum absolute atomic E-state index is 0.0615. The van der Waals surface area contributed by atoms with E-state index in [4.69, 9.17) is 51.8 Å². The van der Waals surface area contributed by atoms with Crippen LogP contribution in [-0.4, -0.2) is 17.6 Å². The Labute approximate surface area is 190 Å². The second kappa shape index (κ2) is 9.29. The molecule has 0 aliphatic rings. The lowest BCUT2D eigenvalue weighted by atomic mass is 10.1. The van der Waals surface area contributed by atoms with Crippen LogP contribution in [0.2, 0.25) is 15.1 Å². The van der Waals surface area contributed by atoms with Crippen molar-refractivity contribution in [1.29, 1.82) is 0 Å². The quantitative estimate of drug-likeness (QED) is 0.308. The van der Waals surface area contributed by atoms with E-state index in [9.17, 15) is 4.79 Å². The van der Waals surface area contributed by atoms with Gasteiger partial charge in [0.2, 0.25) is 0 Å². The lowest BCUT2D eigenvalue weighted by molar-refractivity contribution is -0.121. The summed E-state index contributed by atoms with van der Waals surface area (Å²) >= 11 is 26.6. The van der Waals surface area contributed by atoms with Crippen molar-refractivity contribution in [3.8, 4) is 5.75 Å². The van der Waals surface area contributed by atoms with Crippen LogP contribution in [0.3, 0.4) is 0 Å². The summed E-state index contributed by atoms with van der Waals surface area (Å²) in [5, 5.41) is 8.40. The van der Waals surface area contributed by atoms with Gasteiger partial charge in [0.05, 0.1) is 25.2 Å². The fourth-order valence-electron chi connectivity index (χ4n) is 2.40. The van der Waals surface area contributed by atoms with Crippen LogP contribution in [0.15, 0.2) is 53.0 Å². The van der Waals surface area contributed by atoms with Crippen LogP contribution in [0.5, 0.6) is 5.75 Å². The second-order valence-corrected chi connectivity index (χ2v) is 8.06. The molecule has 3 aromatic carbocycles. The summed E-state index contributed by atoms with van der Waals surface area (Å²) < 4.78 is 6.38. The molecule has 2 N–H and O–H groups in total. The van der Waals surface area contributed by atoms with Crippen molar-refractivity contribution in [3.05, 3.63) is 68.1 Å². The van der Waals surface area contributed by atoms with Crippen LogP contribution in [0.25, 0.3) is 10.8 Å². The molecule has 0 bridgehead atoms. The lowest BCUT2D eigenvalue weighted by Crippen LogP contribution is -2.37. The zero-order valence-corrected chi connectivity index (χ0v) is 18.7. The maximum absolute atomic E-state index is 12.1. The molecule has 0 spiro atoms. The first-order valence-electron chi connectivity index (χ1n) is 7.90. The molecule has 0 radical (unpaired) electrons. The number of halogens is 4. The van der Waals surface area contributed by atoms with E-state index in [1.54, 1.807) is 6.07 Å². The first kappa shape index (κ1) is 21.1. The Hall–Kier alpha value is -1.57. The fraction of sp³-hybridized carbons (Fsp3) is 0.0526. The van der Waals surface area contributed by atoms with E-state index in [0.717, 1.165) is 15.2 Å². The van der Waals surface area contributed by atoms with E-state index < -0.39 is 5.91 Å². The van der Waals surface area contributed by atoms with Gasteiger partial charge in [0.15, 0.2) is 11.7 Å². The van der Waals surface area contributed by atoms with E-state index in [0.29, 0.717) is 26.5 Å². The van der Waals surface area contributed by atoms with Gasteiger partial charge < -0.3 is 10.1 Å². The number of carbonyl (C=O) groups excluding carboxylic acids is 1. The number of benzene rings is 3. The van der Waals surface area contributed by atoms with Crippen LogP contribution >= 0.6 is 63.0 Å². The molecule has 0 atom stereocenters. The van der Waals surface area contributed by atoms with Crippen molar-refractivity contribution in [3.63, 3.8) is 0 Å². The zero-order valence-electron chi connectivity index (χ0n) is 14.1. The van der Waals surface area contributed by atoms with Crippen LogP contribution in [0.4, 0.5) is 5.69 Å². The van der Waals surface area contributed by atoms with Gasteiger partial charge in [-0.2, -0.15) is 0 Å². The molecule has 0 aliphatic carbocycles. The number of thiocarbonyl (C=S) groups is 1. The molecule has 28 heavy (non-hydrogen) atoms. The summed E-state index contributed by atoms with van der Waals surface area (Å²) in [6.07, 6.45) is 0. The summed E-state index contributed by atoms with van der Waals surface area (Å²) in [5.74, 6) is 0.133. The number of rotatable bonds is 4. The van der Waals surface area contributed by atoms with Crippen molar-refractivity contribution in [2.75, 3.05) is 11.9 Å². The van der Waals surface area contributed by atoms with Crippen molar-refractivity contribution in [2.24, 2.45) is 0 Å². The molecule has 0 heterocycles. The molecular weight excluding hydrogens is 507 g/mol. The van der Waals surface area contributed by atoms with Gasteiger partial charge in [-0.15, -0.1) is 0 Å². The highest BCUT2D eigenvalue weighted by Gasteiger charge is 2.12. The Morgan fingerprint density at radius 2 is 1.75 bits per heavy atom. The Kier molecular flexibility index (Phi) is 7.01. The van der Waals surface area contributed by atoms with Gasteiger partial charge in [0.25, 0.3) is 5.91 Å². The monoisotopic (exact) mass is 516 g/mol. The predicted molar refractivity (Wildman–Crippen MR) is 123 cm³/mol. The summed E-state index contributed by atoms with van der Waals surface area (Å²) in [7, 11) is 0. The Morgan fingerprint density at radius 3 is 2.54 bits per heavy atom. The molecule has 0 aromatic heterocycles. The molecule has 0 aliphatic heterocycles. The molecule has 0 saturated carbocycles. The molecule has 0 fully saturated rings. The van der Waals surface area contributed by atoms with Gasteiger partial charge in [-0.05, 0) is 57.1 Å². The number of hydrogen-bond acceptors (Lipinski definition) is 3. The fourth-order valence-corrected chi connectivity index (χ4v) is 3.83. The zero-order chi connectivity index (χ0) is 20.3. The first-order chi connectivity index (χ1) is 13.3. The maximum Gasteiger partial charge on any atom is 0.264 e. The molecule has 144 valence electrons. The van der Waals surface area contributed by atoms with Gasteiger partial charge in [-0.25, -0.2) is 0 Å². The highest BCUT2D eigenvalue weighted by Crippen LogP contribution is 2.33. The van der Waals surface area contributed by atoms with Crippen LogP contribution < -0.4 is 15.4 Å². The number of nitrogens with one attached hydrogen (secondary N) is 2. The van der Waals surface area contributed by atoms with Crippen LogP contribution in [0, 0.1) is 0 Å². The SMILES string of the molecule is O=C(COc1ccc2ccccc2c1Br)NC(=S)Nc1cc(Cl)c(Cl)cc1Cl. The summed E-state index contributed by atoms with van der Waals surface area (Å²) in [4.78, 5) is 12.1. The van der Waals surface area contributed by atoms with Gasteiger partial charge in [-0.1, -0.05) is 65.1 Å². The standard InChI is InChI=1S/C19H12BrCl3N2O2S/c20-18-11-4-2-1-3-10(11)5-6-16(18)27-9-17(26)25-19(28)24-15-8-13(22)12(21)7-14(15)23/h1-8H,9H2,(H2,24,25,26,28). The molecule has 3 aromatic rings. The van der Waals surface area contributed by atoms with E-state index in [1.165, 1.54) is 12.1 Å². The molecule has 3 rings (SSSR count). The van der Waals surface area contributed by atoms with Crippen molar-refractivity contribution in [2.45, 2.75) is 0 Å². The number of hydrogen-bond donors (Lipinski definition) is 2. The largest absolute Gasteiger partial charge is 0.483 e. The predicted octanol–water partition coefficient (Wildman–Crippen LogP) is 6.45. The van der Waals surface area contributed by atoms with Gasteiger partial charge in [0, 0.05) is 0 Å².